The van der Waals surface area contributed by atoms with Crippen LogP contribution in [0.4, 0.5) is 11.5 Å². The van der Waals surface area contributed by atoms with Gasteiger partial charge in [0, 0.05) is 28.9 Å². The number of carbonyl (C=O) groups excluding carboxylic acids is 2. The average molecular weight is 436 g/mol. The number of nitrogens with zero attached hydrogens (tertiary/aromatic N) is 3. The van der Waals surface area contributed by atoms with Crippen molar-refractivity contribution >= 4 is 40.6 Å². The molecule has 4 rings (SSSR count). The molecule has 0 aliphatic carbocycles. The standard InChI is InChI=1S/C22H14ClN3O5/c23-15-9-7-13(8-10-15)20(27)18-19(14-4-3-5-16(12-14)26(30)31)25(22(29)21(18)28)17-6-1-2-11-24-17/h1-12,19,27H/t19-/m1/s1. The first-order valence-electron chi connectivity index (χ1n) is 9.11. The molecule has 0 radical (unpaired) electrons. The van der Waals surface area contributed by atoms with E-state index in [-0.39, 0.29) is 28.2 Å². The maximum atomic E-state index is 13.0. The maximum Gasteiger partial charge on any atom is 0.301 e. The molecule has 2 aromatic carbocycles. The number of Topliss-reactive ketones (excluding diaryl/α,β-unsaturated/α-hetero) is 1. The first kappa shape index (κ1) is 20.2. The molecule has 1 aliphatic rings. The number of hydrogen-bond donors (Lipinski definition) is 1. The van der Waals surface area contributed by atoms with Crippen molar-refractivity contribution in [1.29, 1.82) is 0 Å². The number of aliphatic hydroxyl groups is 1. The second-order valence-electron chi connectivity index (χ2n) is 6.72. The molecule has 1 fully saturated rings. The second-order valence-corrected chi connectivity index (χ2v) is 7.15. The number of nitro groups is 1. The summed E-state index contributed by atoms with van der Waals surface area (Å²) in [5.41, 5.74) is 0.155. The van der Waals surface area contributed by atoms with Gasteiger partial charge in [0.2, 0.25) is 0 Å². The number of anilines is 1. The van der Waals surface area contributed by atoms with Crippen LogP contribution >= 0.6 is 11.6 Å². The van der Waals surface area contributed by atoms with Gasteiger partial charge in [-0.3, -0.25) is 24.6 Å². The van der Waals surface area contributed by atoms with Crippen LogP contribution in [0.2, 0.25) is 5.02 Å². The fraction of sp³-hybridized carbons (Fsp3) is 0.0455. The molecule has 0 saturated carbocycles. The van der Waals surface area contributed by atoms with Gasteiger partial charge >= 0.3 is 5.91 Å². The zero-order valence-corrected chi connectivity index (χ0v) is 16.6. The molecule has 1 atom stereocenters. The van der Waals surface area contributed by atoms with Crippen molar-refractivity contribution in [3.05, 3.63) is 105 Å². The lowest BCUT2D eigenvalue weighted by Crippen LogP contribution is -2.30. The van der Waals surface area contributed by atoms with Crippen LogP contribution in [-0.4, -0.2) is 26.7 Å². The van der Waals surface area contributed by atoms with Gasteiger partial charge in [-0.25, -0.2) is 4.98 Å². The molecule has 1 saturated heterocycles. The molecule has 0 unspecified atom stereocenters. The molecular formula is C22H14ClN3O5. The summed E-state index contributed by atoms with van der Waals surface area (Å²) in [7, 11) is 0. The van der Waals surface area contributed by atoms with Crippen LogP contribution in [0, 0.1) is 10.1 Å². The van der Waals surface area contributed by atoms with E-state index in [9.17, 15) is 24.8 Å². The maximum absolute atomic E-state index is 13.0. The van der Waals surface area contributed by atoms with E-state index in [1.54, 1.807) is 18.2 Å². The third-order valence-corrected chi connectivity index (χ3v) is 5.11. The highest BCUT2D eigenvalue weighted by Gasteiger charge is 2.47. The van der Waals surface area contributed by atoms with Gasteiger partial charge < -0.3 is 5.11 Å². The molecule has 3 aromatic rings. The monoisotopic (exact) mass is 435 g/mol. The molecule has 8 nitrogen and oxygen atoms in total. The molecule has 0 bridgehead atoms. The van der Waals surface area contributed by atoms with Gasteiger partial charge in [0.1, 0.15) is 11.6 Å². The van der Waals surface area contributed by atoms with Crippen molar-refractivity contribution in [3.8, 4) is 0 Å². The smallest absolute Gasteiger partial charge is 0.301 e. The zero-order valence-electron chi connectivity index (χ0n) is 15.8. The number of pyridine rings is 1. The van der Waals surface area contributed by atoms with Gasteiger partial charge in [-0.05, 0) is 42.0 Å². The predicted octanol–water partition coefficient (Wildman–Crippen LogP) is 4.27. The minimum absolute atomic E-state index is 0.177. The number of benzene rings is 2. The van der Waals surface area contributed by atoms with Crippen LogP contribution in [0.25, 0.3) is 5.76 Å². The van der Waals surface area contributed by atoms with Crippen LogP contribution in [-0.2, 0) is 9.59 Å². The number of ketones is 1. The normalized spacial score (nSPS) is 17.7. The summed E-state index contributed by atoms with van der Waals surface area (Å²) in [5.74, 6) is -2.05. The Bertz CT molecular complexity index is 1230. The molecule has 0 spiro atoms. The largest absolute Gasteiger partial charge is 0.507 e. The minimum Gasteiger partial charge on any atom is -0.507 e. The number of nitro benzene ring substituents is 1. The number of aromatic nitrogens is 1. The van der Waals surface area contributed by atoms with E-state index in [1.165, 1.54) is 54.7 Å². The zero-order chi connectivity index (χ0) is 22.1. The van der Waals surface area contributed by atoms with E-state index < -0.39 is 28.4 Å². The average Bonchev–Trinajstić information content (AvgIpc) is 3.05. The molecule has 1 amide bonds. The SMILES string of the molecule is O=C1C(=O)N(c2ccccn2)[C@H](c2cccc([N+](=O)[O-])c2)C1=C(O)c1ccc(Cl)cc1. The summed E-state index contributed by atoms with van der Waals surface area (Å²) in [5, 5.41) is 22.7. The molecule has 2 heterocycles. The van der Waals surface area contributed by atoms with E-state index >= 15 is 0 Å². The molecule has 154 valence electrons. The Labute approximate surface area is 181 Å². The fourth-order valence-electron chi connectivity index (χ4n) is 3.45. The second kappa shape index (κ2) is 8.00. The third kappa shape index (κ3) is 3.64. The summed E-state index contributed by atoms with van der Waals surface area (Å²) in [6, 6.07) is 15.4. The lowest BCUT2D eigenvalue weighted by atomic mass is 9.95. The topological polar surface area (TPSA) is 114 Å². The number of amides is 1. The molecule has 1 aliphatic heterocycles. The van der Waals surface area contributed by atoms with E-state index in [0.29, 0.717) is 5.02 Å². The van der Waals surface area contributed by atoms with Gasteiger partial charge in [0.15, 0.2) is 0 Å². The van der Waals surface area contributed by atoms with Crippen LogP contribution in [0.15, 0.2) is 78.5 Å². The molecule has 9 heteroatoms. The number of hydrogen-bond acceptors (Lipinski definition) is 6. The fourth-order valence-corrected chi connectivity index (χ4v) is 3.58. The van der Waals surface area contributed by atoms with Crippen molar-refractivity contribution in [2.45, 2.75) is 6.04 Å². The molecular weight excluding hydrogens is 422 g/mol. The Hall–Kier alpha value is -4.04. The predicted molar refractivity (Wildman–Crippen MR) is 114 cm³/mol. The van der Waals surface area contributed by atoms with Gasteiger partial charge in [-0.2, -0.15) is 0 Å². The minimum atomic E-state index is -1.11. The highest BCUT2D eigenvalue weighted by molar-refractivity contribution is 6.51. The van der Waals surface area contributed by atoms with Crippen molar-refractivity contribution in [2.75, 3.05) is 4.90 Å². The lowest BCUT2D eigenvalue weighted by molar-refractivity contribution is -0.384. The summed E-state index contributed by atoms with van der Waals surface area (Å²) in [6.45, 7) is 0. The number of non-ortho nitro benzene ring substituents is 1. The van der Waals surface area contributed by atoms with Gasteiger partial charge in [-0.1, -0.05) is 29.8 Å². The Kier molecular flexibility index (Phi) is 5.22. The van der Waals surface area contributed by atoms with Crippen molar-refractivity contribution < 1.29 is 19.6 Å². The van der Waals surface area contributed by atoms with Crippen LogP contribution < -0.4 is 4.90 Å². The molecule has 31 heavy (non-hydrogen) atoms. The van der Waals surface area contributed by atoms with E-state index in [1.807, 2.05) is 0 Å². The van der Waals surface area contributed by atoms with Gasteiger partial charge in [0.05, 0.1) is 16.5 Å². The molecule has 1 aromatic heterocycles. The van der Waals surface area contributed by atoms with Crippen LogP contribution in [0.1, 0.15) is 17.2 Å². The summed E-state index contributed by atoms with van der Waals surface area (Å²) >= 11 is 5.90. The Morgan fingerprint density at radius 2 is 1.81 bits per heavy atom. The van der Waals surface area contributed by atoms with Crippen molar-refractivity contribution in [1.82, 2.24) is 4.98 Å². The van der Waals surface area contributed by atoms with E-state index in [2.05, 4.69) is 4.98 Å². The first-order chi connectivity index (χ1) is 14.9. The van der Waals surface area contributed by atoms with Crippen molar-refractivity contribution in [3.63, 3.8) is 0 Å². The van der Waals surface area contributed by atoms with Gasteiger partial charge in [-0.15, -0.1) is 0 Å². The number of aliphatic hydroxyl groups excluding tert-OH is 1. The quantitative estimate of drug-likeness (QED) is 0.215. The Morgan fingerprint density at radius 1 is 1.06 bits per heavy atom. The third-order valence-electron chi connectivity index (χ3n) is 4.85. The number of carbonyl (C=O) groups is 2. The van der Waals surface area contributed by atoms with E-state index in [4.69, 9.17) is 11.6 Å². The highest BCUT2D eigenvalue weighted by atomic mass is 35.5. The summed E-state index contributed by atoms with van der Waals surface area (Å²) < 4.78 is 0. The van der Waals surface area contributed by atoms with Gasteiger partial charge in [0.25, 0.3) is 11.5 Å². The first-order valence-corrected chi connectivity index (χ1v) is 9.48. The lowest BCUT2D eigenvalue weighted by Gasteiger charge is -2.24. The van der Waals surface area contributed by atoms with Crippen LogP contribution in [0.3, 0.4) is 0 Å². The summed E-state index contributed by atoms with van der Waals surface area (Å²) in [6.07, 6.45) is 1.46. The highest BCUT2D eigenvalue weighted by Crippen LogP contribution is 2.42. The Balaban J connectivity index is 1.96. The Morgan fingerprint density at radius 3 is 2.45 bits per heavy atom. The van der Waals surface area contributed by atoms with E-state index in [0.717, 1.165) is 4.90 Å². The summed E-state index contributed by atoms with van der Waals surface area (Å²) in [4.78, 5) is 41.9. The van der Waals surface area contributed by atoms with Crippen molar-refractivity contribution in [2.24, 2.45) is 0 Å². The number of halogens is 1. The van der Waals surface area contributed by atoms with Crippen LogP contribution in [0.5, 0.6) is 0 Å². The molecule has 1 N–H and O–H groups in total. The number of rotatable bonds is 4.